The topological polar surface area (TPSA) is 20.3 Å². The summed E-state index contributed by atoms with van der Waals surface area (Å²) in [5.41, 5.74) is 0.937. The van der Waals surface area contributed by atoms with Crippen LogP contribution in [0.1, 0.15) is 27.7 Å². The summed E-state index contributed by atoms with van der Waals surface area (Å²) in [6, 6.07) is 0. The maximum absolute atomic E-state index is 11.6. The van der Waals surface area contributed by atoms with E-state index in [2.05, 4.69) is 6.58 Å². The highest BCUT2D eigenvalue weighted by molar-refractivity contribution is 5.80. The molecule has 0 saturated heterocycles. The molecule has 0 aromatic rings. The van der Waals surface area contributed by atoms with Gasteiger partial charge in [0.05, 0.1) is 5.92 Å². The molecule has 12 heavy (non-hydrogen) atoms. The highest BCUT2D eigenvalue weighted by atomic mass is 16.2. The smallest absolute Gasteiger partial charge is 0.229 e. The maximum atomic E-state index is 11.6. The van der Waals surface area contributed by atoms with Gasteiger partial charge in [-0.3, -0.25) is 4.79 Å². The fourth-order valence-electron chi connectivity index (χ4n) is 1.02. The van der Waals surface area contributed by atoms with Crippen LogP contribution in [-0.2, 0) is 4.79 Å². The molecule has 0 aliphatic heterocycles. The minimum Gasteiger partial charge on any atom is -0.343 e. The van der Waals surface area contributed by atoms with E-state index >= 15 is 0 Å². The molecule has 70 valence electrons. The molecule has 0 aliphatic rings. The summed E-state index contributed by atoms with van der Waals surface area (Å²) in [6.45, 7) is 13.1. The third kappa shape index (κ3) is 2.68. The van der Waals surface area contributed by atoms with Crippen molar-refractivity contribution in [2.75, 3.05) is 13.1 Å². The van der Waals surface area contributed by atoms with E-state index in [0.29, 0.717) is 0 Å². The molecular weight excluding hydrogens is 150 g/mol. The van der Waals surface area contributed by atoms with Gasteiger partial charge in [0.25, 0.3) is 0 Å². The van der Waals surface area contributed by atoms with Crippen molar-refractivity contribution < 1.29 is 4.79 Å². The number of carbonyl (C=O) groups is 1. The lowest BCUT2D eigenvalue weighted by Crippen LogP contribution is -2.35. The summed E-state index contributed by atoms with van der Waals surface area (Å²) in [7, 11) is 0. The molecule has 0 rings (SSSR count). The second-order valence-corrected chi connectivity index (χ2v) is 3.08. The van der Waals surface area contributed by atoms with Crippen molar-refractivity contribution in [1.29, 1.82) is 0 Å². The van der Waals surface area contributed by atoms with Gasteiger partial charge in [0.15, 0.2) is 0 Å². The van der Waals surface area contributed by atoms with Crippen LogP contribution < -0.4 is 0 Å². The Bertz CT molecular complexity index is 171. The highest BCUT2D eigenvalue weighted by Crippen LogP contribution is 2.10. The number of hydrogen-bond donors (Lipinski definition) is 0. The molecule has 0 aromatic heterocycles. The number of carbonyl (C=O) groups excluding carboxylic acids is 1. The molecule has 1 unspecified atom stereocenters. The van der Waals surface area contributed by atoms with Crippen LogP contribution in [0.5, 0.6) is 0 Å². The van der Waals surface area contributed by atoms with Crippen LogP contribution in [0, 0.1) is 5.92 Å². The number of rotatable bonds is 4. The van der Waals surface area contributed by atoms with Gasteiger partial charge >= 0.3 is 0 Å². The van der Waals surface area contributed by atoms with E-state index in [1.54, 1.807) is 0 Å². The molecule has 0 fully saturated rings. The van der Waals surface area contributed by atoms with E-state index in [9.17, 15) is 4.79 Å². The zero-order chi connectivity index (χ0) is 9.72. The van der Waals surface area contributed by atoms with Crippen molar-refractivity contribution in [1.82, 2.24) is 4.90 Å². The van der Waals surface area contributed by atoms with E-state index in [-0.39, 0.29) is 11.8 Å². The summed E-state index contributed by atoms with van der Waals surface area (Å²) in [5.74, 6) is 0.150. The Hall–Kier alpha value is -0.790. The van der Waals surface area contributed by atoms with Crippen molar-refractivity contribution >= 4 is 5.91 Å². The first-order valence-electron chi connectivity index (χ1n) is 4.48. The quantitative estimate of drug-likeness (QED) is 0.590. The zero-order valence-corrected chi connectivity index (χ0v) is 8.55. The predicted octanol–water partition coefficient (Wildman–Crippen LogP) is 2.07. The largest absolute Gasteiger partial charge is 0.343 e. The summed E-state index contributed by atoms with van der Waals surface area (Å²) in [4.78, 5) is 13.4. The first-order valence-corrected chi connectivity index (χ1v) is 4.48. The zero-order valence-electron chi connectivity index (χ0n) is 8.55. The van der Waals surface area contributed by atoms with Crippen molar-refractivity contribution in [3.05, 3.63) is 12.2 Å². The Morgan fingerprint density at radius 1 is 1.42 bits per heavy atom. The molecule has 2 heteroatoms. The van der Waals surface area contributed by atoms with Crippen LogP contribution in [0.4, 0.5) is 0 Å². The summed E-state index contributed by atoms with van der Waals surface area (Å²) < 4.78 is 0. The summed E-state index contributed by atoms with van der Waals surface area (Å²) in [5, 5.41) is 0. The predicted molar refractivity (Wildman–Crippen MR) is 51.9 cm³/mol. The van der Waals surface area contributed by atoms with Gasteiger partial charge in [-0.05, 0) is 27.7 Å². The van der Waals surface area contributed by atoms with Gasteiger partial charge in [-0.15, -0.1) is 0 Å². The van der Waals surface area contributed by atoms with Crippen LogP contribution >= 0.6 is 0 Å². The van der Waals surface area contributed by atoms with E-state index in [4.69, 9.17) is 0 Å². The van der Waals surface area contributed by atoms with E-state index in [0.717, 1.165) is 18.7 Å². The molecule has 0 N–H and O–H groups in total. The maximum Gasteiger partial charge on any atom is 0.229 e. The van der Waals surface area contributed by atoms with Crippen molar-refractivity contribution in [3.63, 3.8) is 0 Å². The lowest BCUT2D eigenvalue weighted by Gasteiger charge is -2.22. The van der Waals surface area contributed by atoms with Gasteiger partial charge in [0.1, 0.15) is 0 Å². The summed E-state index contributed by atoms with van der Waals surface area (Å²) in [6.07, 6.45) is 0. The average Bonchev–Trinajstić information content (AvgIpc) is 2.05. The average molecular weight is 169 g/mol. The number of amides is 1. The Labute approximate surface area is 75.3 Å². The third-order valence-electron chi connectivity index (χ3n) is 2.18. The lowest BCUT2D eigenvalue weighted by atomic mass is 10.0. The Morgan fingerprint density at radius 2 is 1.83 bits per heavy atom. The van der Waals surface area contributed by atoms with Crippen molar-refractivity contribution in [2.45, 2.75) is 27.7 Å². The highest BCUT2D eigenvalue weighted by Gasteiger charge is 2.17. The van der Waals surface area contributed by atoms with Crippen LogP contribution in [-0.4, -0.2) is 23.9 Å². The molecule has 2 nitrogen and oxygen atoms in total. The summed E-state index contributed by atoms with van der Waals surface area (Å²) >= 11 is 0. The number of hydrogen-bond acceptors (Lipinski definition) is 1. The Kier molecular flexibility index (Phi) is 4.64. The normalized spacial score (nSPS) is 12.3. The molecule has 0 saturated carbocycles. The van der Waals surface area contributed by atoms with Gasteiger partial charge in [0.2, 0.25) is 5.91 Å². The fourth-order valence-corrected chi connectivity index (χ4v) is 1.02. The minimum absolute atomic E-state index is 0.0371. The minimum atomic E-state index is -0.0371. The van der Waals surface area contributed by atoms with E-state index in [1.807, 2.05) is 32.6 Å². The standard InChI is InChI=1S/C10H19NO/c1-6-11(7-2)10(12)9(5)8(3)4/h9H,3,6-7H2,1-2,4-5H3. The SMILES string of the molecule is C=C(C)C(C)C(=O)N(CC)CC. The lowest BCUT2D eigenvalue weighted by molar-refractivity contribution is -0.133. The van der Waals surface area contributed by atoms with Crippen molar-refractivity contribution in [3.8, 4) is 0 Å². The van der Waals surface area contributed by atoms with Crippen LogP contribution in [0.2, 0.25) is 0 Å². The second-order valence-electron chi connectivity index (χ2n) is 3.08. The van der Waals surface area contributed by atoms with E-state index in [1.165, 1.54) is 0 Å². The molecule has 0 heterocycles. The Morgan fingerprint density at radius 3 is 2.08 bits per heavy atom. The fraction of sp³-hybridized carbons (Fsp3) is 0.700. The van der Waals surface area contributed by atoms with Crippen LogP contribution in [0.3, 0.4) is 0 Å². The van der Waals surface area contributed by atoms with Crippen molar-refractivity contribution in [2.24, 2.45) is 5.92 Å². The molecule has 0 aromatic carbocycles. The van der Waals surface area contributed by atoms with Gasteiger partial charge in [-0.1, -0.05) is 12.2 Å². The van der Waals surface area contributed by atoms with E-state index < -0.39 is 0 Å². The molecule has 0 radical (unpaired) electrons. The Balaban J connectivity index is 4.25. The molecule has 1 amide bonds. The molecule has 0 bridgehead atoms. The van der Waals surface area contributed by atoms with Gasteiger partial charge in [0, 0.05) is 13.1 Å². The molecular formula is C10H19NO. The first-order chi connectivity index (χ1) is 5.54. The second kappa shape index (κ2) is 4.96. The van der Waals surface area contributed by atoms with Gasteiger partial charge < -0.3 is 4.90 Å². The van der Waals surface area contributed by atoms with Crippen LogP contribution in [0.15, 0.2) is 12.2 Å². The molecule has 0 aliphatic carbocycles. The molecule has 1 atom stereocenters. The first kappa shape index (κ1) is 11.2. The molecule has 0 spiro atoms. The monoisotopic (exact) mass is 169 g/mol. The third-order valence-corrected chi connectivity index (χ3v) is 2.18. The van der Waals surface area contributed by atoms with Crippen LogP contribution in [0.25, 0.3) is 0 Å². The van der Waals surface area contributed by atoms with Gasteiger partial charge in [-0.25, -0.2) is 0 Å². The number of nitrogens with zero attached hydrogens (tertiary/aromatic N) is 1. The van der Waals surface area contributed by atoms with Gasteiger partial charge in [-0.2, -0.15) is 0 Å².